The fourth-order valence-electron chi connectivity index (χ4n) is 0.401. The molecule has 0 bridgehead atoms. The van der Waals surface area contributed by atoms with Gasteiger partial charge in [0.15, 0.2) is 0 Å². The Hall–Kier alpha value is 0.270. The molecule has 1 atom stereocenters. The van der Waals surface area contributed by atoms with E-state index in [0.29, 0.717) is 6.04 Å². The summed E-state index contributed by atoms with van der Waals surface area (Å²) in [6, 6.07) is 0.338. The van der Waals surface area contributed by atoms with Gasteiger partial charge >= 0.3 is 0 Å². The fraction of sp³-hybridized carbons (Fsp3) is 1.00. The predicted molar refractivity (Wildman–Crippen MR) is 42.6 cm³/mol. The molecule has 0 aliphatic rings. The number of methoxy groups -OCH3 is 1. The van der Waals surface area contributed by atoms with Crippen molar-refractivity contribution in [3.63, 3.8) is 0 Å². The van der Waals surface area contributed by atoms with Crippen molar-refractivity contribution in [1.82, 2.24) is 0 Å². The van der Waals surface area contributed by atoms with E-state index < -0.39 is 0 Å². The molecule has 1 unspecified atom stereocenters. The van der Waals surface area contributed by atoms with Crippen LogP contribution in [0.2, 0.25) is 0 Å². The number of ether oxygens (including phenoxy) is 1. The molecular formula is C6H15NOS. The maximum absolute atomic E-state index is 5.64. The van der Waals surface area contributed by atoms with E-state index in [0.717, 1.165) is 18.1 Å². The first-order valence-corrected chi connectivity index (χ1v) is 4.29. The Morgan fingerprint density at radius 1 is 1.67 bits per heavy atom. The molecule has 0 aromatic carbocycles. The van der Waals surface area contributed by atoms with Gasteiger partial charge in [-0.15, -0.1) is 11.8 Å². The van der Waals surface area contributed by atoms with Crippen molar-refractivity contribution in [2.75, 3.05) is 18.8 Å². The highest BCUT2D eigenvalue weighted by molar-refractivity contribution is 7.99. The molecule has 0 rings (SSSR count). The van der Waals surface area contributed by atoms with Gasteiger partial charge in [0.2, 0.25) is 0 Å². The van der Waals surface area contributed by atoms with Gasteiger partial charge in [0.25, 0.3) is 0 Å². The summed E-state index contributed by atoms with van der Waals surface area (Å²) in [5, 5.41) is 0. The Morgan fingerprint density at radius 2 is 2.33 bits per heavy atom. The zero-order chi connectivity index (χ0) is 7.11. The summed E-state index contributed by atoms with van der Waals surface area (Å²) in [7, 11) is 1.70. The molecule has 2 N–H and O–H groups in total. The maximum Gasteiger partial charge on any atom is 0.0917 e. The zero-order valence-electron chi connectivity index (χ0n) is 6.09. The summed E-state index contributed by atoms with van der Waals surface area (Å²) < 4.78 is 4.84. The molecule has 3 heteroatoms. The first-order valence-electron chi connectivity index (χ1n) is 3.13. The summed E-state index contributed by atoms with van der Waals surface area (Å²) in [6.45, 7) is 2.10. The number of hydrogen-bond acceptors (Lipinski definition) is 3. The minimum Gasteiger partial charge on any atom is -0.374 e. The third kappa shape index (κ3) is 6.15. The summed E-state index contributed by atoms with van der Waals surface area (Å²) in [6.07, 6.45) is 1.05. The Morgan fingerprint density at radius 3 is 2.78 bits per heavy atom. The van der Waals surface area contributed by atoms with Gasteiger partial charge in [-0.25, -0.2) is 0 Å². The number of hydrogen-bond donors (Lipinski definition) is 1. The van der Waals surface area contributed by atoms with Crippen LogP contribution in [0.15, 0.2) is 0 Å². The minimum atomic E-state index is 0.338. The maximum atomic E-state index is 5.64. The van der Waals surface area contributed by atoms with Gasteiger partial charge in [-0.1, -0.05) is 6.92 Å². The second-order valence-electron chi connectivity index (χ2n) is 1.95. The van der Waals surface area contributed by atoms with Crippen LogP contribution in [0.3, 0.4) is 0 Å². The van der Waals surface area contributed by atoms with Crippen molar-refractivity contribution < 1.29 is 4.74 Å². The standard InChI is InChI=1S/C6H15NOS/c1-3-6(7)4-9-5-8-2/h6H,3-5,7H2,1-2H3. The molecule has 0 aliphatic carbocycles. The van der Waals surface area contributed by atoms with Gasteiger partial charge in [-0.3, -0.25) is 0 Å². The van der Waals surface area contributed by atoms with E-state index in [1.807, 2.05) is 0 Å². The molecule has 56 valence electrons. The lowest BCUT2D eigenvalue weighted by molar-refractivity contribution is 0.258. The van der Waals surface area contributed by atoms with Crippen molar-refractivity contribution in [3.05, 3.63) is 0 Å². The first-order chi connectivity index (χ1) is 4.31. The average Bonchev–Trinajstić information content (AvgIpc) is 1.89. The molecule has 0 saturated heterocycles. The average molecular weight is 149 g/mol. The van der Waals surface area contributed by atoms with E-state index in [9.17, 15) is 0 Å². The molecule has 0 amide bonds. The van der Waals surface area contributed by atoms with Crippen LogP contribution in [-0.4, -0.2) is 24.8 Å². The van der Waals surface area contributed by atoms with Crippen molar-refractivity contribution in [3.8, 4) is 0 Å². The van der Waals surface area contributed by atoms with E-state index in [4.69, 9.17) is 10.5 Å². The normalized spacial score (nSPS) is 13.7. The molecule has 0 aromatic rings. The lowest BCUT2D eigenvalue weighted by atomic mass is 10.3. The Bertz CT molecular complexity index is 61.0. The van der Waals surface area contributed by atoms with E-state index >= 15 is 0 Å². The molecule has 0 saturated carbocycles. The summed E-state index contributed by atoms with van der Waals surface area (Å²) >= 11 is 1.74. The van der Waals surface area contributed by atoms with Crippen LogP contribution in [0.5, 0.6) is 0 Å². The van der Waals surface area contributed by atoms with Crippen LogP contribution < -0.4 is 5.73 Å². The lowest BCUT2D eigenvalue weighted by Crippen LogP contribution is -2.21. The van der Waals surface area contributed by atoms with Gasteiger partial charge in [0.05, 0.1) is 5.94 Å². The Labute approximate surface area is 61.1 Å². The van der Waals surface area contributed by atoms with Crippen LogP contribution in [0.1, 0.15) is 13.3 Å². The molecule has 0 fully saturated rings. The molecule has 9 heavy (non-hydrogen) atoms. The Kier molecular flexibility index (Phi) is 6.58. The number of nitrogens with two attached hydrogens (primary N) is 1. The van der Waals surface area contributed by atoms with E-state index in [1.165, 1.54) is 0 Å². The third-order valence-corrected chi connectivity index (χ3v) is 2.12. The smallest absolute Gasteiger partial charge is 0.0917 e. The second-order valence-corrected chi connectivity index (χ2v) is 2.92. The Balaban J connectivity index is 2.88. The van der Waals surface area contributed by atoms with Crippen LogP contribution in [0, 0.1) is 0 Å². The SMILES string of the molecule is CCC(N)CSCOC. The summed E-state index contributed by atoms with van der Waals surface area (Å²) in [4.78, 5) is 0. The minimum absolute atomic E-state index is 0.338. The number of rotatable bonds is 5. The highest BCUT2D eigenvalue weighted by Gasteiger charge is 1.96. The molecule has 0 radical (unpaired) electrons. The molecule has 0 heterocycles. The van der Waals surface area contributed by atoms with E-state index in [-0.39, 0.29) is 0 Å². The topological polar surface area (TPSA) is 35.2 Å². The van der Waals surface area contributed by atoms with Crippen LogP contribution in [0.25, 0.3) is 0 Å². The fourth-order valence-corrected chi connectivity index (χ4v) is 1.20. The molecule has 0 aliphatic heterocycles. The van der Waals surface area contributed by atoms with Gasteiger partial charge < -0.3 is 10.5 Å². The lowest BCUT2D eigenvalue weighted by Gasteiger charge is -2.05. The summed E-state index contributed by atoms with van der Waals surface area (Å²) in [5.41, 5.74) is 5.64. The highest BCUT2D eigenvalue weighted by Crippen LogP contribution is 2.02. The van der Waals surface area contributed by atoms with Crippen LogP contribution in [-0.2, 0) is 4.74 Å². The molecule has 0 spiro atoms. The van der Waals surface area contributed by atoms with Crippen LogP contribution in [0.4, 0.5) is 0 Å². The van der Waals surface area contributed by atoms with Gasteiger partial charge in [-0.2, -0.15) is 0 Å². The van der Waals surface area contributed by atoms with Crippen molar-refractivity contribution in [2.24, 2.45) is 5.73 Å². The molecule has 0 aromatic heterocycles. The van der Waals surface area contributed by atoms with E-state index in [2.05, 4.69) is 6.92 Å². The quantitative estimate of drug-likeness (QED) is 0.469. The van der Waals surface area contributed by atoms with Crippen molar-refractivity contribution in [2.45, 2.75) is 19.4 Å². The van der Waals surface area contributed by atoms with Crippen molar-refractivity contribution >= 4 is 11.8 Å². The largest absolute Gasteiger partial charge is 0.374 e. The predicted octanol–water partition coefficient (Wildman–Crippen LogP) is 1.06. The second kappa shape index (κ2) is 6.39. The monoisotopic (exact) mass is 149 g/mol. The van der Waals surface area contributed by atoms with Gasteiger partial charge in [0, 0.05) is 18.9 Å². The molecular weight excluding hydrogens is 134 g/mol. The zero-order valence-corrected chi connectivity index (χ0v) is 6.91. The van der Waals surface area contributed by atoms with Gasteiger partial charge in [0.1, 0.15) is 0 Å². The highest BCUT2D eigenvalue weighted by atomic mass is 32.2. The third-order valence-electron chi connectivity index (χ3n) is 1.06. The van der Waals surface area contributed by atoms with E-state index in [1.54, 1.807) is 18.9 Å². The first kappa shape index (κ1) is 9.27. The van der Waals surface area contributed by atoms with Crippen LogP contribution >= 0.6 is 11.8 Å². The van der Waals surface area contributed by atoms with Crippen molar-refractivity contribution in [1.29, 1.82) is 0 Å². The summed E-state index contributed by atoms with van der Waals surface area (Å²) in [5.74, 6) is 1.76. The number of thioether (sulfide) groups is 1. The van der Waals surface area contributed by atoms with Gasteiger partial charge in [-0.05, 0) is 6.42 Å². The molecule has 2 nitrogen and oxygen atoms in total.